The van der Waals surface area contributed by atoms with Crippen molar-refractivity contribution in [3.63, 3.8) is 0 Å². The van der Waals surface area contributed by atoms with Gasteiger partial charge in [-0.2, -0.15) is 13.2 Å². The number of anilines is 1. The Labute approximate surface area is 147 Å². The fourth-order valence-corrected chi connectivity index (χ4v) is 2.48. The zero-order valence-corrected chi connectivity index (χ0v) is 14.0. The lowest BCUT2D eigenvalue weighted by molar-refractivity contribution is -0.137. The van der Waals surface area contributed by atoms with E-state index in [0.717, 1.165) is 24.1 Å². The van der Waals surface area contributed by atoms with Crippen LogP contribution >= 0.6 is 0 Å². The Bertz CT molecular complexity index is 746. The van der Waals surface area contributed by atoms with Crippen LogP contribution in [0.1, 0.15) is 5.56 Å². The SMILES string of the molecule is COC(=O)C1=C(Nc2ccc(OC)cc2C(F)(F)F)C(=O)N(CCO)C1. The van der Waals surface area contributed by atoms with E-state index in [1.807, 2.05) is 0 Å². The van der Waals surface area contributed by atoms with E-state index in [-0.39, 0.29) is 36.7 Å². The van der Waals surface area contributed by atoms with E-state index in [0.29, 0.717) is 0 Å². The van der Waals surface area contributed by atoms with Crippen LogP contribution in [0.4, 0.5) is 18.9 Å². The molecule has 1 aliphatic rings. The molecule has 0 atom stereocenters. The molecule has 1 amide bonds. The molecule has 1 heterocycles. The second kappa shape index (κ2) is 7.65. The number of rotatable bonds is 6. The van der Waals surface area contributed by atoms with E-state index in [4.69, 9.17) is 9.84 Å². The van der Waals surface area contributed by atoms with Crippen molar-refractivity contribution < 1.29 is 37.3 Å². The number of amides is 1. The lowest BCUT2D eigenvalue weighted by Crippen LogP contribution is -2.31. The Balaban J connectivity index is 2.47. The van der Waals surface area contributed by atoms with Crippen molar-refractivity contribution in [1.82, 2.24) is 4.90 Å². The van der Waals surface area contributed by atoms with Crippen molar-refractivity contribution in [3.8, 4) is 5.75 Å². The number of benzene rings is 1. The van der Waals surface area contributed by atoms with Crippen LogP contribution in [0.25, 0.3) is 0 Å². The molecule has 0 unspecified atom stereocenters. The van der Waals surface area contributed by atoms with Crippen molar-refractivity contribution >= 4 is 17.6 Å². The molecule has 26 heavy (non-hydrogen) atoms. The first kappa shape index (κ1) is 19.6. The highest BCUT2D eigenvalue weighted by atomic mass is 19.4. The number of halogens is 3. The van der Waals surface area contributed by atoms with Crippen molar-refractivity contribution in [3.05, 3.63) is 35.0 Å². The van der Waals surface area contributed by atoms with Gasteiger partial charge >= 0.3 is 12.1 Å². The summed E-state index contributed by atoms with van der Waals surface area (Å²) in [6.45, 7) is -0.602. The number of nitrogens with one attached hydrogen (secondary N) is 1. The molecule has 1 aliphatic heterocycles. The zero-order chi connectivity index (χ0) is 19.5. The van der Waals surface area contributed by atoms with Crippen LogP contribution in [-0.4, -0.2) is 55.8 Å². The highest BCUT2D eigenvalue weighted by Gasteiger charge is 2.38. The fraction of sp³-hybridized carbons (Fsp3) is 0.375. The summed E-state index contributed by atoms with van der Waals surface area (Å²) >= 11 is 0. The Hall–Kier alpha value is -2.75. The summed E-state index contributed by atoms with van der Waals surface area (Å²) in [5.74, 6) is -1.56. The van der Waals surface area contributed by atoms with Gasteiger partial charge in [-0.05, 0) is 18.2 Å². The number of β-amino-alcohol motifs (C(OH)–C–C–N with tert-alkyl or cyclic N) is 1. The second-order valence-corrected chi connectivity index (χ2v) is 5.33. The van der Waals surface area contributed by atoms with Crippen LogP contribution in [0.15, 0.2) is 29.5 Å². The molecule has 2 N–H and O–H groups in total. The maximum Gasteiger partial charge on any atom is 0.418 e. The quantitative estimate of drug-likeness (QED) is 0.732. The molecule has 2 rings (SSSR count). The van der Waals surface area contributed by atoms with Gasteiger partial charge in [-0.25, -0.2) is 4.79 Å². The number of aliphatic hydroxyl groups is 1. The molecule has 0 radical (unpaired) electrons. The van der Waals surface area contributed by atoms with Crippen LogP contribution in [-0.2, 0) is 20.5 Å². The normalized spacial score (nSPS) is 14.7. The Kier molecular flexibility index (Phi) is 5.76. The van der Waals surface area contributed by atoms with Crippen LogP contribution in [0.5, 0.6) is 5.75 Å². The molecule has 142 valence electrons. The number of ether oxygens (including phenoxy) is 2. The average Bonchev–Trinajstić information content (AvgIpc) is 2.90. The number of carbonyl (C=O) groups is 2. The first-order valence-corrected chi connectivity index (χ1v) is 7.46. The van der Waals surface area contributed by atoms with E-state index in [1.165, 1.54) is 13.2 Å². The maximum absolute atomic E-state index is 13.3. The summed E-state index contributed by atoms with van der Waals surface area (Å²) in [6, 6.07) is 3.18. The smallest absolute Gasteiger partial charge is 0.418 e. The van der Waals surface area contributed by atoms with Gasteiger partial charge in [0.1, 0.15) is 11.4 Å². The van der Waals surface area contributed by atoms with E-state index in [2.05, 4.69) is 10.1 Å². The molecule has 0 saturated carbocycles. The Morgan fingerprint density at radius 3 is 2.58 bits per heavy atom. The number of hydrogen-bond donors (Lipinski definition) is 2. The van der Waals surface area contributed by atoms with Gasteiger partial charge in [0.05, 0.1) is 44.2 Å². The van der Waals surface area contributed by atoms with Gasteiger partial charge in [0.15, 0.2) is 0 Å². The first-order valence-electron chi connectivity index (χ1n) is 7.46. The molecule has 1 aromatic rings. The maximum atomic E-state index is 13.3. The summed E-state index contributed by atoms with van der Waals surface area (Å²) in [5, 5.41) is 11.4. The highest BCUT2D eigenvalue weighted by Crippen LogP contribution is 2.38. The monoisotopic (exact) mass is 374 g/mol. The number of carbonyl (C=O) groups excluding carboxylic acids is 2. The standard InChI is InChI=1S/C16H17F3N2O5/c1-25-9-3-4-12(11(7-9)16(17,18)19)20-13-10(15(24)26-2)8-21(5-6-22)14(13)23/h3-4,7,20,22H,5-6,8H2,1-2H3. The van der Waals surface area contributed by atoms with Gasteiger partial charge in [-0.1, -0.05) is 0 Å². The first-order chi connectivity index (χ1) is 12.2. The minimum Gasteiger partial charge on any atom is -0.497 e. The van der Waals surface area contributed by atoms with E-state index >= 15 is 0 Å². The van der Waals surface area contributed by atoms with Crippen molar-refractivity contribution in [2.75, 3.05) is 39.2 Å². The summed E-state index contributed by atoms with van der Waals surface area (Å²) in [6.07, 6.45) is -4.71. The Morgan fingerprint density at radius 1 is 1.35 bits per heavy atom. The van der Waals surface area contributed by atoms with Gasteiger partial charge < -0.3 is 24.8 Å². The predicted octanol–water partition coefficient (Wildman–Crippen LogP) is 1.39. The predicted molar refractivity (Wildman–Crippen MR) is 84.3 cm³/mol. The van der Waals surface area contributed by atoms with Crippen LogP contribution < -0.4 is 10.1 Å². The summed E-state index contributed by atoms with van der Waals surface area (Å²) in [4.78, 5) is 25.4. The van der Waals surface area contributed by atoms with Gasteiger partial charge in [0.2, 0.25) is 0 Å². The van der Waals surface area contributed by atoms with Crippen LogP contribution in [0.2, 0.25) is 0 Å². The molecule has 0 bridgehead atoms. The van der Waals surface area contributed by atoms with Gasteiger partial charge in [0.25, 0.3) is 5.91 Å². The number of nitrogens with zero attached hydrogens (tertiary/aromatic N) is 1. The molecular formula is C16H17F3N2O5. The highest BCUT2D eigenvalue weighted by molar-refractivity contribution is 6.08. The summed E-state index contributed by atoms with van der Waals surface area (Å²) < 4.78 is 49.4. The topological polar surface area (TPSA) is 88.1 Å². The van der Waals surface area contributed by atoms with Crippen molar-refractivity contribution in [2.24, 2.45) is 0 Å². The van der Waals surface area contributed by atoms with Crippen LogP contribution in [0.3, 0.4) is 0 Å². The molecule has 0 aromatic heterocycles. The number of alkyl halides is 3. The third-order valence-corrected chi connectivity index (χ3v) is 3.75. The number of hydrogen-bond acceptors (Lipinski definition) is 6. The second-order valence-electron chi connectivity index (χ2n) is 5.33. The van der Waals surface area contributed by atoms with E-state index in [1.54, 1.807) is 0 Å². The number of esters is 1. The lowest BCUT2D eigenvalue weighted by atomic mass is 10.1. The van der Waals surface area contributed by atoms with Crippen LogP contribution in [0, 0.1) is 0 Å². The molecule has 0 saturated heterocycles. The van der Waals surface area contributed by atoms with E-state index < -0.39 is 29.3 Å². The third kappa shape index (κ3) is 3.90. The molecule has 1 aromatic carbocycles. The third-order valence-electron chi connectivity index (χ3n) is 3.75. The average molecular weight is 374 g/mol. The summed E-state index contributed by atoms with van der Waals surface area (Å²) in [5.41, 5.74) is -1.90. The van der Waals surface area contributed by atoms with Gasteiger partial charge in [-0.3, -0.25) is 4.79 Å². The molecule has 10 heteroatoms. The van der Waals surface area contributed by atoms with Gasteiger partial charge in [-0.15, -0.1) is 0 Å². The zero-order valence-electron chi connectivity index (χ0n) is 14.0. The number of aliphatic hydroxyl groups excluding tert-OH is 1. The molecule has 7 nitrogen and oxygen atoms in total. The van der Waals surface area contributed by atoms with Gasteiger partial charge in [0, 0.05) is 6.54 Å². The molecule has 0 fully saturated rings. The molecular weight excluding hydrogens is 357 g/mol. The summed E-state index contributed by atoms with van der Waals surface area (Å²) in [7, 11) is 2.33. The fourth-order valence-electron chi connectivity index (χ4n) is 2.48. The molecule has 0 spiro atoms. The van der Waals surface area contributed by atoms with Crippen molar-refractivity contribution in [2.45, 2.75) is 6.18 Å². The Morgan fingerprint density at radius 2 is 2.04 bits per heavy atom. The minimum atomic E-state index is -4.71. The van der Waals surface area contributed by atoms with Crippen molar-refractivity contribution in [1.29, 1.82) is 0 Å². The van der Waals surface area contributed by atoms with E-state index in [9.17, 15) is 22.8 Å². The minimum absolute atomic E-state index is 0.00954. The lowest BCUT2D eigenvalue weighted by Gasteiger charge is -2.17. The largest absolute Gasteiger partial charge is 0.497 e. The number of methoxy groups -OCH3 is 2. The molecule has 0 aliphatic carbocycles.